The molecule has 0 aliphatic carbocycles. The van der Waals surface area contributed by atoms with Crippen LogP contribution in [0.1, 0.15) is 15.9 Å². The van der Waals surface area contributed by atoms with E-state index in [1.807, 2.05) is 19.1 Å². The normalized spacial score (nSPS) is 10.4. The Morgan fingerprint density at radius 1 is 1.15 bits per heavy atom. The second-order valence-corrected chi connectivity index (χ2v) is 6.44. The van der Waals surface area contributed by atoms with Gasteiger partial charge in [0.25, 0.3) is 5.91 Å². The summed E-state index contributed by atoms with van der Waals surface area (Å²) in [5.74, 6) is -0.614. The third kappa shape index (κ3) is 4.34. The molecule has 3 rings (SSSR count). The van der Waals surface area contributed by atoms with E-state index in [0.29, 0.717) is 11.3 Å². The van der Waals surface area contributed by atoms with Crippen LogP contribution in [0, 0.1) is 6.92 Å². The summed E-state index contributed by atoms with van der Waals surface area (Å²) < 4.78 is 2.56. The average Bonchev–Trinajstić information content (AvgIpc) is 3.18. The van der Waals surface area contributed by atoms with Crippen molar-refractivity contribution in [1.82, 2.24) is 20.1 Å². The highest BCUT2D eigenvalue weighted by Crippen LogP contribution is 2.19. The Labute approximate surface area is 158 Å². The second kappa shape index (κ2) is 7.92. The van der Waals surface area contributed by atoms with Crippen molar-refractivity contribution in [2.75, 3.05) is 11.9 Å². The van der Waals surface area contributed by atoms with Gasteiger partial charge in [0.1, 0.15) is 12.7 Å². The van der Waals surface area contributed by atoms with Gasteiger partial charge in [-0.15, -0.1) is 0 Å². The van der Waals surface area contributed by atoms with Crippen LogP contribution in [0.25, 0.3) is 5.69 Å². The molecule has 2 N–H and O–H groups in total. The first-order valence-corrected chi connectivity index (χ1v) is 8.61. The predicted octanol–water partition coefficient (Wildman–Crippen LogP) is 2.71. The minimum absolute atomic E-state index is 0.112. The number of carbonyl (C=O) groups is 2. The van der Waals surface area contributed by atoms with Crippen molar-refractivity contribution in [3.63, 3.8) is 0 Å². The van der Waals surface area contributed by atoms with Gasteiger partial charge >= 0.3 is 0 Å². The van der Waals surface area contributed by atoms with Crippen LogP contribution >= 0.6 is 15.9 Å². The molecule has 0 bridgehead atoms. The molecule has 0 aliphatic heterocycles. The van der Waals surface area contributed by atoms with E-state index in [2.05, 4.69) is 36.6 Å². The molecule has 1 aromatic heterocycles. The van der Waals surface area contributed by atoms with E-state index in [0.717, 1.165) is 15.7 Å². The van der Waals surface area contributed by atoms with Crippen LogP contribution in [0.3, 0.4) is 0 Å². The molecule has 0 radical (unpaired) electrons. The summed E-state index contributed by atoms with van der Waals surface area (Å²) in [6.45, 7) is 1.82. The Hall–Kier alpha value is -3.00. The lowest BCUT2D eigenvalue weighted by atomic mass is 10.2. The number of benzene rings is 2. The fourth-order valence-corrected chi connectivity index (χ4v) is 2.54. The molecule has 0 atom stereocenters. The molecule has 7 nitrogen and oxygen atoms in total. The Kier molecular flexibility index (Phi) is 5.43. The predicted molar refractivity (Wildman–Crippen MR) is 101 cm³/mol. The molecular weight excluding hydrogens is 398 g/mol. The Morgan fingerprint density at radius 3 is 2.58 bits per heavy atom. The average molecular weight is 414 g/mol. The Bertz CT molecular complexity index is 923. The van der Waals surface area contributed by atoms with Gasteiger partial charge < -0.3 is 10.6 Å². The first-order chi connectivity index (χ1) is 12.5. The van der Waals surface area contributed by atoms with Gasteiger partial charge in [-0.25, -0.2) is 9.67 Å². The summed E-state index contributed by atoms with van der Waals surface area (Å²) >= 11 is 3.41. The summed E-state index contributed by atoms with van der Waals surface area (Å²) in [6, 6.07) is 12.4. The third-order valence-corrected chi connectivity index (χ3v) is 4.55. The van der Waals surface area contributed by atoms with Gasteiger partial charge in [-0.2, -0.15) is 5.10 Å². The van der Waals surface area contributed by atoms with Crippen molar-refractivity contribution in [2.45, 2.75) is 6.92 Å². The number of hydrogen-bond donors (Lipinski definition) is 2. The maximum absolute atomic E-state index is 12.2. The number of nitrogens with one attached hydrogen (secondary N) is 2. The van der Waals surface area contributed by atoms with Crippen LogP contribution < -0.4 is 10.6 Å². The highest BCUT2D eigenvalue weighted by atomic mass is 79.9. The summed E-state index contributed by atoms with van der Waals surface area (Å²) in [7, 11) is 0. The molecule has 0 saturated carbocycles. The first-order valence-electron chi connectivity index (χ1n) is 7.82. The van der Waals surface area contributed by atoms with E-state index < -0.39 is 0 Å². The fourth-order valence-electron chi connectivity index (χ4n) is 2.30. The van der Waals surface area contributed by atoms with Crippen LogP contribution in [0.2, 0.25) is 0 Å². The monoisotopic (exact) mass is 413 g/mol. The number of amides is 2. The summed E-state index contributed by atoms with van der Waals surface area (Å²) in [5.41, 5.74) is 2.95. The molecule has 0 saturated heterocycles. The largest absolute Gasteiger partial charge is 0.343 e. The molecule has 0 aliphatic rings. The number of rotatable bonds is 5. The highest BCUT2D eigenvalue weighted by Gasteiger charge is 2.09. The number of hydrogen-bond acceptors (Lipinski definition) is 4. The van der Waals surface area contributed by atoms with Crippen molar-refractivity contribution in [2.24, 2.45) is 0 Å². The molecule has 132 valence electrons. The summed E-state index contributed by atoms with van der Waals surface area (Å²) in [4.78, 5) is 28.0. The quantitative estimate of drug-likeness (QED) is 0.672. The first kappa shape index (κ1) is 17.8. The maximum Gasteiger partial charge on any atom is 0.251 e. The zero-order chi connectivity index (χ0) is 18.5. The number of carbonyl (C=O) groups excluding carboxylic acids is 2. The zero-order valence-corrected chi connectivity index (χ0v) is 15.5. The van der Waals surface area contributed by atoms with E-state index >= 15 is 0 Å². The SMILES string of the molecule is Cc1cc(NC(=O)CNC(=O)c2ccc(-n3cncn3)cc2)ccc1Br. The van der Waals surface area contributed by atoms with E-state index in [-0.39, 0.29) is 18.4 Å². The van der Waals surface area contributed by atoms with Crippen molar-refractivity contribution < 1.29 is 9.59 Å². The number of aromatic nitrogens is 3. The van der Waals surface area contributed by atoms with Gasteiger partial charge in [0.05, 0.1) is 12.2 Å². The highest BCUT2D eigenvalue weighted by molar-refractivity contribution is 9.10. The van der Waals surface area contributed by atoms with E-state index in [1.165, 1.54) is 6.33 Å². The van der Waals surface area contributed by atoms with Crippen molar-refractivity contribution in [1.29, 1.82) is 0 Å². The number of aryl methyl sites for hydroxylation is 1. The maximum atomic E-state index is 12.2. The lowest BCUT2D eigenvalue weighted by Crippen LogP contribution is -2.32. The minimum atomic E-state index is -0.322. The Balaban J connectivity index is 1.54. The molecule has 0 spiro atoms. The molecule has 3 aromatic rings. The topological polar surface area (TPSA) is 88.9 Å². The fraction of sp³-hybridized carbons (Fsp3) is 0.111. The van der Waals surface area contributed by atoms with Crippen molar-refractivity contribution in [3.8, 4) is 5.69 Å². The van der Waals surface area contributed by atoms with E-state index in [9.17, 15) is 9.59 Å². The van der Waals surface area contributed by atoms with Crippen LogP contribution in [-0.2, 0) is 4.79 Å². The number of halogens is 1. The molecular formula is C18H16BrN5O2. The van der Waals surface area contributed by atoms with Crippen LogP contribution in [-0.4, -0.2) is 33.1 Å². The van der Waals surface area contributed by atoms with Crippen LogP contribution in [0.4, 0.5) is 5.69 Å². The summed E-state index contributed by atoms with van der Waals surface area (Å²) in [6.07, 6.45) is 3.01. The van der Waals surface area contributed by atoms with Gasteiger partial charge in [-0.05, 0) is 55.0 Å². The van der Waals surface area contributed by atoms with Gasteiger partial charge in [0, 0.05) is 15.7 Å². The number of nitrogens with zero attached hydrogens (tertiary/aromatic N) is 3. The number of anilines is 1. The molecule has 2 amide bonds. The minimum Gasteiger partial charge on any atom is -0.343 e. The van der Waals surface area contributed by atoms with Gasteiger partial charge in [0.15, 0.2) is 0 Å². The van der Waals surface area contributed by atoms with Crippen molar-refractivity contribution >= 4 is 33.4 Å². The second-order valence-electron chi connectivity index (χ2n) is 5.58. The van der Waals surface area contributed by atoms with Crippen molar-refractivity contribution in [3.05, 3.63) is 70.7 Å². The lowest BCUT2D eigenvalue weighted by molar-refractivity contribution is -0.115. The molecule has 26 heavy (non-hydrogen) atoms. The Morgan fingerprint density at radius 2 is 1.92 bits per heavy atom. The molecule has 2 aromatic carbocycles. The molecule has 8 heteroatoms. The molecule has 0 unspecified atom stereocenters. The van der Waals surface area contributed by atoms with Gasteiger partial charge in [-0.3, -0.25) is 9.59 Å². The van der Waals surface area contributed by atoms with Gasteiger partial charge in [0.2, 0.25) is 5.91 Å². The van der Waals surface area contributed by atoms with E-state index in [1.54, 1.807) is 41.3 Å². The van der Waals surface area contributed by atoms with Crippen LogP contribution in [0.5, 0.6) is 0 Å². The molecule has 0 fully saturated rings. The van der Waals surface area contributed by atoms with Crippen LogP contribution in [0.15, 0.2) is 59.6 Å². The zero-order valence-electron chi connectivity index (χ0n) is 13.9. The summed E-state index contributed by atoms with van der Waals surface area (Å²) in [5, 5.41) is 9.38. The van der Waals surface area contributed by atoms with E-state index in [4.69, 9.17) is 0 Å². The lowest BCUT2D eigenvalue weighted by Gasteiger charge is -2.09. The molecule has 1 heterocycles. The third-order valence-electron chi connectivity index (χ3n) is 3.66. The van der Waals surface area contributed by atoms with Gasteiger partial charge in [-0.1, -0.05) is 15.9 Å². The standard InChI is InChI=1S/C18H16BrN5O2/c1-12-8-14(4-7-16(12)19)23-17(25)9-21-18(26)13-2-5-15(6-3-13)24-11-20-10-22-24/h2-8,10-11H,9H2,1H3,(H,21,26)(H,23,25). The smallest absolute Gasteiger partial charge is 0.251 e.